The molecule has 2 aromatic rings. The van der Waals surface area contributed by atoms with Gasteiger partial charge in [0, 0.05) is 38.0 Å². The van der Waals surface area contributed by atoms with Gasteiger partial charge in [-0.15, -0.1) is 0 Å². The maximum absolute atomic E-state index is 6.18. The highest BCUT2D eigenvalue weighted by Crippen LogP contribution is 2.28. The van der Waals surface area contributed by atoms with E-state index in [1.54, 1.807) is 6.20 Å². The van der Waals surface area contributed by atoms with Crippen LogP contribution in [0.25, 0.3) is 0 Å². The van der Waals surface area contributed by atoms with Gasteiger partial charge in [-0.2, -0.15) is 0 Å². The Morgan fingerprint density at radius 2 is 2.26 bits per heavy atom. The molecule has 4 nitrogen and oxygen atoms in total. The van der Waals surface area contributed by atoms with Crippen molar-refractivity contribution >= 4 is 11.6 Å². The normalized spacial score (nSPS) is 10.7. The van der Waals surface area contributed by atoms with Crippen molar-refractivity contribution in [1.82, 2.24) is 14.9 Å². The maximum Gasteiger partial charge on any atom is 0.142 e. The van der Waals surface area contributed by atoms with E-state index in [2.05, 4.69) is 10.3 Å². The van der Waals surface area contributed by atoms with Crippen molar-refractivity contribution in [2.45, 2.75) is 13.0 Å². The predicted octanol–water partition coefficient (Wildman–Crippen LogP) is 2.41. The first-order valence-electron chi connectivity index (χ1n) is 6.23. The number of benzene rings is 1. The average molecular weight is 280 g/mol. The van der Waals surface area contributed by atoms with Crippen LogP contribution in [0.4, 0.5) is 0 Å². The van der Waals surface area contributed by atoms with Gasteiger partial charge < -0.3 is 14.6 Å². The van der Waals surface area contributed by atoms with Crippen LogP contribution in [0.3, 0.4) is 0 Å². The van der Waals surface area contributed by atoms with Gasteiger partial charge in [0.25, 0.3) is 0 Å². The summed E-state index contributed by atoms with van der Waals surface area (Å²) in [5.41, 5.74) is 1.06. The second kappa shape index (κ2) is 6.59. The SMILES string of the molecule is CNCc1cccc(Cl)c1OCCc1nccn1C. The van der Waals surface area contributed by atoms with Gasteiger partial charge in [-0.25, -0.2) is 4.98 Å². The number of rotatable bonds is 6. The van der Waals surface area contributed by atoms with E-state index in [9.17, 15) is 0 Å². The van der Waals surface area contributed by atoms with Gasteiger partial charge in [0.05, 0.1) is 11.6 Å². The zero-order chi connectivity index (χ0) is 13.7. The summed E-state index contributed by atoms with van der Waals surface area (Å²) in [7, 11) is 3.88. The Bertz CT molecular complexity index is 539. The molecule has 19 heavy (non-hydrogen) atoms. The topological polar surface area (TPSA) is 39.1 Å². The summed E-state index contributed by atoms with van der Waals surface area (Å²) in [6, 6.07) is 5.79. The Labute approximate surface area is 118 Å². The number of aromatic nitrogens is 2. The molecule has 1 aromatic heterocycles. The van der Waals surface area contributed by atoms with Gasteiger partial charge in [0.1, 0.15) is 11.6 Å². The number of hydrogen-bond donors (Lipinski definition) is 1. The van der Waals surface area contributed by atoms with Crippen LogP contribution in [-0.4, -0.2) is 23.2 Å². The lowest BCUT2D eigenvalue weighted by atomic mass is 10.2. The zero-order valence-corrected chi connectivity index (χ0v) is 11.9. The molecule has 0 aliphatic carbocycles. The Balaban J connectivity index is 2.01. The molecule has 0 amide bonds. The summed E-state index contributed by atoms with van der Waals surface area (Å²) < 4.78 is 7.81. The van der Waals surface area contributed by atoms with Crippen LogP contribution in [0.1, 0.15) is 11.4 Å². The molecule has 0 spiro atoms. The molecule has 0 atom stereocenters. The van der Waals surface area contributed by atoms with Crippen molar-refractivity contribution in [2.75, 3.05) is 13.7 Å². The molecule has 5 heteroatoms. The monoisotopic (exact) mass is 279 g/mol. The predicted molar refractivity (Wildman–Crippen MR) is 76.6 cm³/mol. The minimum atomic E-state index is 0.561. The number of ether oxygens (including phenoxy) is 1. The molecule has 0 fully saturated rings. The third-order valence-electron chi connectivity index (χ3n) is 2.91. The van der Waals surface area contributed by atoms with Crippen LogP contribution in [0.15, 0.2) is 30.6 Å². The van der Waals surface area contributed by atoms with Crippen LogP contribution < -0.4 is 10.1 Å². The van der Waals surface area contributed by atoms with Crippen LogP contribution in [0.5, 0.6) is 5.75 Å². The molecule has 0 saturated heterocycles. The number of para-hydroxylation sites is 1. The number of imidazole rings is 1. The number of halogens is 1. The molecule has 0 aliphatic rings. The third kappa shape index (κ3) is 3.49. The lowest BCUT2D eigenvalue weighted by Crippen LogP contribution is -2.10. The first kappa shape index (κ1) is 13.9. The van der Waals surface area contributed by atoms with Gasteiger partial charge in [0.2, 0.25) is 0 Å². The molecule has 0 radical (unpaired) electrons. The second-order valence-corrected chi connectivity index (χ2v) is 4.72. The summed E-state index contributed by atoms with van der Waals surface area (Å²) in [5.74, 6) is 1.76. The largest absolute Gasteiger partial charge is 0.491 e. The summed E-state index contributed by atoms with van der Waals surface area (Å²) in [4.78, 5) is 4.27. The summed E-state index contributed by atoms with van der Waals surface area (Å²) in [6.45, 7) is 1.30. The van der Waals surface area contributed by atoms with E-state index in [-0.39, 0.29) is 0 Å². The standard InChI is InChI=1S/C14H18ClN3O/c1-16-10-11-4-3-5-12(15)14(11)19-9-6-13-17-7-8-18(13)2/h3-5,7-8,16H,6,9-10H2,1-2H3. The quantitative estimate of drug-likeness (QED) is 0.883. The van der Waals surface area contributed by atoms with Gasteiger partial charge in [-0.3, -0.25) is 0 Å². The lowest BCUT2D eigenvalue weighted by molar-refractivity contribution is 0.314. The first-order chi connectivity index (χ1) is 9.22. The van der Waals surface area contributed by atoms with Crippen molar-refractivity contribution in [3.8, 4) is 5.75 Å². The van der Waals surface area contributed by atoms with Gasteiger partial charge >= 0.3 is 0 Å². The Morgan fingerprint density at radius 3 is 2.95 bits per heavy atom. The van der Waals surface area contributed by atoms with E-state index < -0.39 is 0 Å². The molecule has 0 unspecified atom stereocenters. The smallest absolute Gasteiger partial charge is 0.142 e. The highest BCUT2D eigenvalue weighted by atomic mass is 35.5. The number of hydrogen-bond acceptors (Lipinski definition) is 3. The number of aryl methyl sites for hydroxylation is 1. The summed E-state index contributed by atoms with van der Waals surface area (Å²) in [5, 5.41) is 3.76. The number of nitrogens with zero attached hydrogens (tertiary/aromatic N) is 2. The molecule has 1 N–H and O–H groups in total. The average Bonchev–Trinajstić information content (AvgIpc) is 2.79. The Hall–Kier alpha value is -1.52. The molecule has 102 valence electrons. The van der Waals surface area contributed by atoms with Gasteiger partial charge in [0.15, 0.2) is 0 Å². The summed E-state index contributed by atoms with van der Waals surface area (Å²) in [6.07, 6.45) is 4.47. The first-order valence-corrected chi connectivity index (χ1v) is 6.61. The molecule has 0 bridgehead atoms. The fraction of sp³-hybridized carbons (Fsp3) is 0.357. The highest BCUT2D eigenvalue weighted by molar-refractivity contribution is 6.32. The van der Waals surface area contributed by atoms with Crippen molar-refractivity contribution in [1.29, 1.82) is 0 Å². The molecule has 0 aliphatic heterocycles. The zero-order valence-electron chi connectivity index (χ0n) is 11.2. The van der Waals surface area contributed by atoms with Crippen molar-refractivity contribution in [3.05, 3.63) is 47.0 Å². The second-order valence-electron chi connectivity index (χ2n) is 4.31. The highest BCUT2D eigenvalue weighted by Gasteiger charge is 2.08. The molecule has 1 aromatic carbocycles. The van der Waals surface area contributed by atoms with Crippen molar-refractivity contribution in [2.24, 2.45) is 7.05 Å². The molecule has 2 rings (SSSR count). The van der Waals surface area contributed by atoms with Crippen LogP contribution in [0.2, 0.25) is 5.02 Å². The number of nitrogens with one attached hydrogen (secondary N) is 1. The van der Waals surface area contributed by atoms with Crippen molar-refractivity contribution < 1.29 is 4.74 Å². The molecular weight excluding hydrogens is 262 g/mol. The van der Waals surface area contributed by atoms with Gasteiger partial charge in [-0.05, 0) is 13.1 Å². The lowest BCUT2D eigenvalue weighted by Gasteiger charge is -2.13. The summed E-state index contributed by atoms with van der Waals surface area (Å²) >= 11 is 6.18. The van der Waals surface area contributed by atoms with Gasteiger partial charge in [-0.1, -0.05) is 23.7 Å². The minimum absolute atomic E-state index is 0.561. The van der Waals surface area contributed by atoms with E-state index in [0.717, 1.165) is 30.1 Å². The third-order valence-corrected chi connectivity index (χ3v) is 3.21. The Kier molecular flexibility index (Phi) is 4.82. The van der Waals surface area contributed by atoms with Crippen LogP contribution in [0, 0.1) is 0 Å². The van der Waals surface area contributed by atoms with Crippen molar-refractivity contribution in [3.63, 3.8) is 0 Å². The minimum Gasteiger partial charge on any atom is -0.491 e. The molecular formula is C14H18ClN3O. The molecule has 1 heterocycles. The van der Waals surface area contributed by atoms with Crippen LogP contribution >= 0.6 is 11.6 Å². The molecule has 0 saturated carbocycles. The van der Waals surface area contributed by atoms with E-state index in [4.69, 9.17) is 16.3 Å². The van der Waals surface area contributed by atoms with E-state index in [0.29, 0.717) is 11.6 Å². The van der Waals surface area contributed by atoms with E-state index in [1.165, 1.54) is 0 Å². The van der Waals surface area contributed by atoms with E-state index in [1.807, 2.05) is 43.1 Å². The Morgan fingerprint density at radius 1 is 1.42 bits per heavy atom. The maximum atomic E-state index is 6.18. The van der Waals surface area contributed by atoms with E-state index >= 15 is 0 Å². The fourth-order valence-electron chi connectivity index (χ4n) is 1.93. The fourth-order valence-corrected chi connectivity index (χ4v) is 2.18. The van der Waals surface area contributed by atoms with Crippen LogP contribution in [-0.2, 0) is 20.0 Å².